The van der Waals surface area contributed by atoms with E-state index in [1.165, 1.54) is 31.4 Å². The summed E-state index contributed by atoms with van der Waals surface area (Å²) < 4.78 is 0. The van der Waals surface area contributed by atoms with Gasteiger partial charge in [0.2, 0.25) is 0 Å². The van der Waals surface area contributed by atoms with E-state index in [4.69, 9.17) is 17.3 Å². The number of hydrogen-bond donors (Lipinski definition) is 1. The molecule has 0 bridgehead atoms. The lowest BCUT2D eigenvalue weighted by molar-refractivity contribution is 0.144. The quantitative estimate of drug-likeness (QED) is 0.906. The van der Waals surface area contributed by atoms with Crippen molar-refractivity contribution in [2.24, 2.45) is 11.7 Å². The van der Waals surface area contributed by atoms with Crippen molar-refractivity contribution < 1.29 is 0 Å². The van der Waals surface area contributed by atoms with Gasteiger partial charge in [-0.2, -0.15) is 0 Å². The molecule has 0 radical (unpaired) electrons. The molecule has 1 fully saturated rings. The minimum Gasteiger partial charge on any atom is -0.327 e. The molecule has 3 heteroatoms. The van der Waals surface area contributed by atoms with Crippen molar-refractivity contribution in [3.63, 3.8) is 0 Å². The third-order valence-electron chi connectivity index (χ3n) is 3.64. The highest BCUT2D eigenvalue weighted by Crippen LogP contribution is 2.22. The number of benzene rings is 1. The summed E-state index contributed by atoms with van der Waals surface area (Å²) in [4.78, 5) is 2.47. The fourth-order valence-corrected chi connectivity index (χ4v) is 3.20. The van der Waals surface area contributed by atoms with Gasteiger partial charge >= 0.3 is 0 Å². The van der Waals surface area contributed by atoms with Crippen LogP contribution in [0.25, 0.3) is 0 Å². The van der Waals surface area contributed by atoms with Crippen LogP contribution in [0.4, 0.5) is 0 Å². The van der Waals surface area contributed by atoms with Gasteiger partial charge in [0.25, 0.3) is 0 Å². The van der Waals surface area contributed by atoms with Gasteiger partial charge in [-0.15, -0.1) is 0 Å². The van der Waals surface area contributed by atoms with Gasteiger partial charge in [-0.1, -0.05) is 37.1 Å². The van der Waals surface area contributed by atoms with Crippen molar-refractivity contribution in [2.75, 3.05) is 13.1 Å². The van der Waals surface area contributed by atoms with Crippen molar-refractivity contribution in [1.82, 2.24) is 4.90 Å². The second-order valence-corrected chi connectivity index (χ2v) is 5.91. The molecule has 18 heavy (non-hydrogen) atoms. The molecule has 0 aliphatic carbocycles. The normalized spacial score (nSPS) is 25.3. The number of nitrogens with zero attached hydrogens (tertiary/aromatic N) is 1. The van der Waals surface area contributed by atoms with Gasteiger partial charge < -0.3 is 5.73 Å². The van der Waals surface area contributed by atoms with E-state index in [2.05, 4.69) is 24.0 Å². The van der Waals surface area contributed by atoms with Crippen LogP contribution in [0, 0.1) is 5.92 Å². The summed E-state index contributed by atoms with van der Waals surface area (Å²) in [6.45, 7) is 5.40. The molecule has 1 saturated heterocycles. The molecule has 0 spiro atoms. The molecule has 0 aromatic heterocycles. The summed E-state index contributed by atoms with van der Waals surface area (Å²) in [6, 6.07) is 8.46. The van der Waals surface area contributed by atoms with Crippen LogP contribution in [0.5, 0.6) is 0 Å². The first-order chi connectivity index (χ1) is 8.67. The molecule has 2 nitrogen and oxygen atoms in total. The molecule has 1 aliphatic heterocycles. The minimum atomic E-state index is 0.328. The molecule has 2 rings (SSSR count). The van der Waals surface area contributed by atoms with Gasteiger partial charge in [-0.05, 0) is 36.5 Å². The summed E-state index contributed by atoms with van der Waals surface area (Å²) in [5, 5.41) is 0.818. The monoisotopic (exact) mass is 266 g/mol. The van der Waals surface area contributed by atoms with Crippen molar-refractivity contribution in [2.45, 2.75) is 38.8 Å². The number of hydrogen-bond acceptors (Lipinski definition) is 2. The standard InChI is InChI=1S/C15H23ClN2/c1-2-4-12-8-15(17)11-18(9-12)10-13-5-3-6-14(16)7-13/h3,5-7,12,15H,2,4,8-11,17H2,1H3. The Morgan fingerprint density at radius 1 is 1.39 bits per heavy atom. The highest BCUT2D eigenvalue weighted by molar-refractivity contribution is 6.30. The topological polar surface area (TPSA) is 29.3 Å². The Kier molecular flexibility index (Phi) is 5.04. The molecule has 1 heterocycles. The Morgan fingerprint density at radius 3 is 2.94 bits per heavy atom. The third-order valence-corrected chi connectivity index (χ3v) is 3.87. The van der Waals surface area contributed by atoms with Crippen LogP contribution in [0.3, 0.4) is 0 Å². The fraction of sp³-hybridized carbons (Fsp3) is 0.600. The summed E-state index contributed by atoms with van der Waals surface area (Å²) in [6.07, 6.45) is 3.72. The first-order valence-electron chi connectivity index (χ1n) is 6.89. The number of nitrogens with two attached hydrogens (primary N) is 1. The van der Waals surface area contributed by atoms with Crippen LogP contribution in [0.2, 0.25) is 5.02 Å². The SMILES string of the molecule is CCCC1CC(N)CN(Cc2cccc(Cl)c2)C1. The molecule has 0 saturated carbocycles. The Balaban J connectivity index is 1.95. The maximum Gasteiger partial charge on any atom is 0.0409 e. The van der Waals surface area contributed by atoms with E-state index in [-0.39, 0.29) is 0 Å². The van der Waals surface area contributed by atoms with E-state index >= 15 is 0 Å². The summed E-state index contributed by atoms with van der Waals surface area (Å²) in [7, 11) is 0. The van der Waals surface area contributed by atoms with Crippen molar-refractivity contribution in [3.8, 4) is 0 Å². The molecule has 2 N–H and O–H groups in total. The maximum atomic E-state index is 6.16. The minimum absolute atomic E-state index is 0.328. The summed E-state index contributed by atoms with van der Waals surface area (Å²) in [5.74, 6) is 0.762. The van der Waals surface area contributed by atoms with E-state index < -0.39 is 0 Å². The smallest absolute Gasteiger partial charge is 0.0409 e. The van der Waals surface area contributed by atoms with Gasteiger partial charge in [-0.3, -0.25) is 4.90 Å². The average Bonchev–Trinajstić information content (AvgIpc) is 2.28. The second kappa shape index (κ2) is 6.55. The largest absolute Gasteiger partial charge is 0.327 e. The van der Waals surface area contributed by atoms with Crippen LogP contribution in [0.1, 0.15) is 31.7 Å². The molecule has 1 aliphatic rings. The third kappa shape index (κ3) is 3.98. The lowest BCUT2D eigenvalue weighted by Crippen LogP contribution is -2.46. The Labute approximate surface area is 115 Å². The molecule has 1 aromatic rings. The van der Waals surface area contributed by atoms with Gasteiger partial charge in [0.05, 0.1) is 0 Å². The van der Waals surface area contributed by atoms with Gasteiger partial charge in [-0.25, -0.2) is 0 Å². The number of halogens is 1. The molecular weight excluding hydrogens is 244 g/mol. The van der Waals surface area contributed by atoms with Gasteiger partial charge in [0, 0.05) is 30.7 Å². The fourth-order valence-electron chi connectivity index (χ4n) is 2.99. The van der Waals surface area contributed by atoms with E-state index in [0.717, 1.165) is 24.0 Å². The van der Waals surface area contributed by atoms with Crippen LogP contribution in [-0.2, 0) is 6.54 Å². The highest BCUT2D eigenvalue weighted by atomic mass is 35.5. The lowest BCUT2D eigenvalue weighted by atomic mass is 9.91. The number of rotatable bonds is 4. The average molecular weight is 267 g/mol. The number of piperidine rings is 1. The van der Waals surface area contributed by atoms with E-state index in [0.29, 0.717) is 6.04 Å². The maximum absolute atomic E-state index is 6.16. The van der Waals surface area contributed by atoms with E-state index in [9.17, 15) is 0 Å². The van der Waals surface area contributed by atoms with E-state index in [1.54, 1.807) is 0 Å². The highest BCUT2D eigenvalue weighted by Gasteiger charge is 2.24. The summed E-state index contributed by atoms with van der Waals surface area (Å²) >= 11 is 6.03. The molecule has 2 atom stereocenters. The zero-order valence-corrected chi connectivity index (χ0v) is 11.9. The van der Waals surface area contributed by atoms with Crippen LogP contribution in [-0.4, -0.2) is 24.0 Å². The zero-order chi connectivity index (χ0) is 13.0. The Hall–Kier alpha value is -0.570. The first kappa shape index (κ1) is 13.9. The lowest BCUT2D eigenvalue weighted by Gasteiger charge is -2.36. The van der Waals surface area contributed by atoms with Crippen LogP contribution < -0.4 is 5.73 Å². The molecular formula is C15H23ClN2. The molecule has 1 aromatic carbocycles. The predicted octanol–water partition coefficient (Wildman–Crippen LogP) is 3.29. The molecule has 2 unspecified atom stereocenters. The van der Waals surface area contributed by atoms with Crippen molar-refractivity contribution in [1.29, 1.82) is 0 Å². The first-order valence-corrected chi connectivity index (χ1v) is 7.27. The zero-order valence-electron chi connectivity index (χ0n) is 11.1. The van der Waals surface area contributed by atoms with Crippen molar-refractivity contribution >= 4 is 11.6 Å². The summed E-state index contributed by atoms with van der Waals surface area (Å²) in [5.41, 5.74) is 7.45. The van der Waals surface area contributed by atoms with Gasteiger partial charge in [0.15, 0.2) is 0 Å². The van der Waals surface area contributed by atoms with Crippen molar-refractivity contribution in [3.05, 3.63) is 34.9 Å². The van der Waals surface area contributed by atoms with Crippen LogP contribution >= 0.6 is 11.6 Å². The number of likely N-dealkylation sites (tertiary alicyclic amines) is 1. The van der Waals surface area contributed by atoms with Gasteiger partial charge in [0.1, 0.15) is 0 Å². The second-order valence-electron chi connectivity index (χ2n) is 5.47. The Morgan fingerprint density at radius 2 is 2.22 bits per heavy atom. The Bertz CT molecular complexity index is 381. The predicted molar refractivity (Wildman–Crippen MR) is 77.7 cm³/mol. The van der Waals surface area contributed by atoms with Crippen LogP contribution in [0.15, 0.2) is 24.3 Å². The molecule has 100 valence electrons. The van der Waals surface area contributed by atoms with E-state index in [1.807, 2.05) is 12.1 Å². The molecule has 0 amide bonds.